The first kappa shape index (κ1) is 21.7. The Labute approximate surface area is 180 Å². The topological polar surface area (TPSA) is 66.0 Å². The van der Waals surface area contributed by atoms with Crippen LogP contribution in [-0.4, -0.2) is 26.5 Å². The number of para-hydroxylation sites is 1. The van der Waals surface area contributed by atoms with Gasteiger partial charge in [-0.15, -0.1) is 0 Å². The summed E-state index contributed by atoms with van der Waals surface area (Å²) in [5, 5.41) is 10.7. The number of nitrogens with one attached hydrogen (secondary N) is 1. The summed E-state index contributed by atoms with van der Waals surface area (Å²) in [6, 6.07) is 11.4. The molecular formula is C24H18F4N2O2. The van der Waals surface area contributed by atoms with E-state index in [0.29, 0.717) is 5.52 Å². The second-order valence-electron chi connectivity index (χ2n) is 7.86. The van der Waals surface area contributed by atoms with Crippen LogP contribution in [0, 0.1) is 23.3 Å². The van der Waals surface area contributed by atoms with E-state index in [4.69, 9.17) is 0 Å². The summed E-state index contributed by atoms with van der Waals surface area (Å²) in [6.45, 7) is 1.31. The summed E-state index contributed by atoms with van der Waals surface area (Å²) in [5.41, 5.74) is -1.78. The molecule has 4 nitrogen and oxygen atoms in total. The first-order valence-corrected chi connectivity index (χ1v) is 9.78. The monoisotopic (exact) mass is 442 g/mol. The lowest BCUT2D eigenvalue weighted by Gasteiger charge is -2.23. The quantitative estimate of drug-likeness (QED) is 0.312. The number of aromatic nitrogens is 2. The Hall–Kier alpha value is -3.52. The molecule has 0 aliphatic carbocycles. The molecule has 0 aliphatic heterocycles. The lowest BCUT2D eigenvalue weighted by atomic mass is 9.89. The maximum Gasteiger partial charge on any atom is 0.167 e. The third-order valence-electron chi connectivity index (χ3n) is 5.17. The van der Waals surface area contributed by atoms with E-state index in [0.717, 1.165) is 24.3 Å². The van der Waals surface area contributed by atoms with Crippen LogP contribution in [0.25, 0.3) is 22.4 Å². The molecule has 0 saturated carbocycles. The van der Waals surface area contributed by atoms with Crippen molar-refractivity contribution in [1.29, 1.82) is 0 Å². The molecule has 164 valence electrons. The number of nitrogens with zero attached hydrogens (tertiary/aromatic N) is 1. The molecule has 3 aromatic carbocycles. The zero-order valence-corrected chi connectivity index (χ0v) is 16.9. The maximum absolute atomic E-state index is 14.2. The lowest BCUT2D eigenvalue weighted by molar-refractivity contribution is 0.0447. The molecule has 1 atom stereocenters. The third kappa shape index (κ3) is 4.13. The second kappa shape index (κ2) is 8.20. The Morgan fingerprint density at radius 2 is 1.50 bits per heavy atom. The number of aliphatic hydroxyl groups is 1. The number of carbonyl (C=O) groups excluding carboxylic acids is 1. The molecule has 0 aliphatic rings. The Morgan fingerprint density at radius 3 is 2.12 bits per heavy atom. The molecule has 0 spiro atoms. The van der Waals surface area contributed by atoms with Crippen molar-refractivity contribution in [3.05, 3.63) is 89.0 Å². The standard InChI is InChI=1S/C24H18F4N2O2/c1-24(32,11-14-15(25)6-3-7-16(14)26)12-20(31)13-5-2-10-19-22(13)30-23(29-19)21-17(27)8-4-9-18(21)28/h2-10,32H,11-12H2,1H3,(H,29,30). The van der Waals surface area contributed by atoms with Crippen LogP contribution in [0.4, 0.5) is 17.6 Å². The number of carbonyl (C=O) groups is 1. The number of ketones is 1. The van der Waals surface area contributed by atoms with Crippen molar-refractivity contribution in [2.75, 3.05) is 0 Å². The van der Waals surface area contributed by atoms with E-state index in [2.05, 4.69) is 9.97 Å². The van der Waals surface area contributed by atoms with Crippen molar-refractivity contribution < 1.29 is 27.5 Å². The molecule has 1 unspecified atom stereocenters. The van der Waals surface area contributed by atoms with Gasteiger partial charge in [-0.05, 0) is 43.3 Å². The molecule has 0 saturated heterocycles. The summed E-state index contributed by atoms with van der Waals surface area (Å²) in [6.07, 6.45) is -0.865. The average Bonchev–Trinajstić information content (AvgIpc) is 3.14. The summed E-state index contributed by atoms with van der Waals surface area (Å²) in [7, 11) is 0. The Kier molecular flexibility index (Phi) is 5.56. The van der Waals surface area contributed by atoms with Gasteiger partial charge in [0.25, 0.3) is 0 Å². The number of halogens is 4. The van der Waals surface area contributed by atoms with E-state index in [1.807, 2.05) is 0 Å². The predicted molar refractivity (Wildman–Crippen MR) is 111 cm³/mol. The van der Waals surface area contributed by atoms with Gasteiger partial charge >= 0.3 is 0 Å². The fourth-order valence-electron chi connectivity index (χ4n) is 3.69. The highest BCUT2D eigenvalue weighted by Crippen LogP contribution is 2.29. The maximum atomic E-state index is 14.2. The molecule has 0 bridgehead atoms. The van der Waals surface area contributed by atoms with Crippen molar-refractivity contribution in [2.24, 2.45) is 0 Å². The van der Waals surface area contributed by atoms with Gasteiger partial charge in [0.05, 0.1) is 22.2 Å². The van der Waals surface area contributed by atoms with Gasteiger partial charge in [0.15, 0.2) is 5.78 Å². The van der Waals surface area contributed by atoms with Gasteiger partial charge in [-0.1, -0.05) is 18.2 Å². The van der Waals surface area contributed by atoms with E-state index in [1.54, 1.807) is 12.1 Å². The molecule has 4 aromatic rings. The molecule has 1 aromatic heterocycles. The number of hydrogen-bond donors (Lipinski definition) is 2. The van der Waals surface area contributed by atoms with Gasteiger partial charge in [-0.2, -0.15) is 0 Å². The van der Waals surface area contributed by atoms with Crippen molar-refractivity contribution in [3.63, 3.8) is 0 Å². The van der Waals surface area contributed by atoms with Crippen molar-refractivity contribution in [1.82, 2.24) is 9.97 Å². The smallest absolute Gasteiger partial charge is 0.167 e. The summed E-state index contributed by atoms with van der Waals surface area (Å²) >= 11 is 0. The average molecular weight is 442 g/mol. The number of fused-ring (bicyclic) bond motifs is 1. The number of imidazole rings is 1. The Balaban J connectivity index is 1.66. The summed E-state index contributed by atoms with van der Waals surface area (Å²) < 4.78 is 56.2. The molecule has 0 amide bonds. The highest BCUT2D eigenvalue weighted by atomic mass is 19.1. The first-order chi connectivity index (χ1) is 15.2. The molecule has 8 heteroatoms. The van der Waals surface area contributed by atoms with E-state index in [-0.39, 0.29) is 28.0 Å². The number of H-pyrrole nitrogens is 1. The van der Waals surface area contributed by atoms with Gasteiger partial charge in [0.1, 0.15) is 29.1 Å². The van der Waals surface area contributed by atoms with Crippen LogP contribution in [0.1, 0.15) is 29.3 Å². The minimum Gasteiger partial charge on any atom is -0.389 e. The minimum absolute atomic E-state index is 0.0870. The van der Waals surface area contributed by atoms with Crippen LogP contribution in [0.15, 0.2) is 54.6 Å². The Morgan fingerprint density at radius 1 is 0.938 bits per heavy atom. The zero-order valence-electron chi connectivity index (χ0n) is 16.9. The van der Waals surface area contributed by atoms with Crippen LogP contribution in [0.2, 0.25) is 0 Å². The first-order valence-electron chi connectivity index (χ1n) is 9.78. The summed E-state index contributed by atoms with van der Waals surface area (Å²) in [5.74, 6) is -3.88. The minimum atomic E-state index is -1.75. The normalized spacial score (nSPS) is 13.3. The van der Waals surface area contributed by atoms with E-state index >= 15 is 0 Å². The number of Topliss-reactive ketones (excluding diaryl/α,β-unsaturated/α-hetero) is 1. The van der Waals surface area contributed by atoms with Crippen LogP contribution in [0.5, 0.6) is 0 Å². The number of rotatable bonds is 6. The lowest BCUT2D eigenvalue weighted by Crippen LogP contribution is -2.31. The van der Waals surface area contributed by atoms with Crippen molar-refractivity contribution in [2.45, 2.75) is 25.4 Å². The van der Waals surface area contributed by atoms with Crippen LogP contribution in [0.3, 0.4) is 0 Å². The number of hydrogen-bond acceptors (Lipinski definition) is 3. The molecule has 1 heterocycles. The van der Waals surface area contributed by atoms with E-state index in [1.165, 1.54) is 25.1 Å². The zero-order chi connectivity index (χ0) is 23.0. The fraction of sp³-hybridized carbons (Fsp3) is 0.167. The van der Waals surface area contributed by atoms with Crippen molar-refractivity contribution >= 4 is 16.8 Å². The summed E-state index contributed by atoms with van der Waals surface area (Å²) in [4.78, 5) is 20.0. The molecular weight excluding hydrogens is 424 g/mol. The number of aromatic amines is 1. The van der Waals surface area contributed by atoms with Gasteiger partial charge in [-0.3, -0.25) is 4.79 Å². The van der Waals surface area contributed by atoms with Gasteiger partial charge < -0.3 is 10.1 Å². The van der Waals surface area contributed by atoms with Gasteiger partial charge in [0, 0.05) is 24.0 Å². The largest absolute Gasteiger partial charge is 0.389 e. The van der Waals surface area contributed by atoms with Gasteiger partial charge in [-0.25, -0.2) is 22.5 Å². The molecule has 2 N–H and O–H groups in total. The third-order valence-corrected chi connectivity index (χ3v) is 5.17. The second-order valence-corrected chi connectivity index (χ2v) is 7.86. The molecule has 4 rings (SSSR count). The number of benzene rings is 3. The highest BCUT2D eigenvalue weighted by Gasteiger charge is 2.29. The highest BCUT2D eigenvalue weighted by molar-refractivity contribution is 6.07. The van der Waals surface area contributed by atoms with E-state index in [9.17, 15) is 27.5 Å². The van der Waals surface area contributed by atoms with Crippen molar-refractivity contribution in [3.8, 4) is 11.4 Å². The molecule has 0 radical (unpaired) electrons. The Bertz CT molecular complexity index is 1290. The molecule has 0 fully saturated rings. The van der Waals surface area contributed by atoms with Crippen LogP contribution < -0.4 is 0 Å². The fourth-order valence-corrected chi connectivity index (χ4v) is 3.69. The predicted octanol–water partition coefficient (Wildman–Crippen LogP) is 5.35. The van der Waals surface area contributed by atoms with Crippen LogP contribution in [-0.2, 0) is 6.42 Å². The van der Waals surface area contributed by atoms with Gasteiger partial charge in [0.2, 0.25) is 0 Å². The SMILES string of the molecule is CC(O)(CC(=O)c1cccc2[nH]c(-c3c(F)cccc3F)nc12)Cc1c(F)cccc1F. The molecule has 32 heavy (non-hydrogen) atoms. The van der Waals surface area contributed by atoms with E-state index < -0.39 is 47.5 Å². The van der Waals surface area contributed by atoms with Crippen LogP contribution >= 0.6 is 0 Å².